The number of nitrogens with zero attached hydrogens (tertiary/aromatic N) is 1. The highest BCUT2D eigenvalue weighted by molar-refractivity contribution is 6.31. The number of aromatic hydroxyl groups is 3. The topological polar surface area (TPSA) is 153 Å². The van der Waals surface area contributed by atoms with Gasteiger partial charge < -0.3 is 36.0 Å². The van der Waals surface area contributed by atoms with Crippen LogP contribution in [0.15, 0.2) is 36.5 Å². The lowest BCUT2D eigenvalue weighted by molar-refractivity contribution is -0.137. The second-order valence-corrected chi connectivity index (χ2v) is 7.30. The van der Waals surface area contributed by atoms with E-state index in [0.29, 0.717) is 6.07 Å². The van der Waals surface area contributed by atoms with Gasteiger partial charge in [0.2, 0.25) is 17.2 Å². The number of halogens is 5. The van der Waals surface area contributed by atoms with Gasteiger partial charge in [0.15, 0.2) is 11.6 Å². The molecule has 0 saturated carbocycles. The molecule has 0 fully saturated rings. The number of pyridine rings is 1. The first kappa shape index (κ1) is 26.2. The van der Waals surface area contributed by atoms with Crippen LogP contribution < -0.4 is 20.7 Å². The van der Waals surface area contributed by atoms with Crippen molar-refractivity contribution < 1.29 is 47.2 Å². The van der Waals surface area contributed by atoms with Crippen LogP contribution in [0.2, 0.25) is 5.02 Å². The lowest BCUT2D eigenvalue weighted by Crippen LogP contribution is -2.21. The number of carbonyl (C=O) groups is 2. The van der Waals surface area contributed by atoms with E-state index in [9.17, 15) is 42.5 Å². The molecule has 0 radical (unpaired) electrons. The number of nitrogens with one attached hydrogen (secondary N) is 3. The molecule has 3 rings (SSSR count). The van der Waals surface area contributed by atoms with Crippen LogP contribution in [0, 0.1) is 5.82 Å². The highest BCUT2D eigenvalue weighted by atomic mass is 35.5. The van der Waals surface area contributed by atoms with Gasteiger partial charge in [-0.05, 0) is 24.3 Å². The zero-order valence-corrected chi connectivity index (χ0v) is 18.6. The molecule has 0 aliphatic rings. The second-order valence-electron chi connectivity index (χ2n) is 6.89. The van der Waals surface area contributed by atoms with Crippen molar-refractivity contribution in [1.82, 2.24) is 10.3 Å². The van der Waals surface area contributed by atoms with Crippen LogP contribution in [0.3, 0.4) is 0 Å². The molecule has 1 heterocycles. The van der Waals surface area contributed by atoms with Crippen LogP contribution in [0.5, 0.6) is 28.7 Å². The van der Waals surface area contributed by atoms with Crippen molar-refractivity contribution in [2.45, 2.75) is 6.18 Å². The molecule has 190 valence electrons. The van der Waals surface area contributed by atoms with Crippen molar-refractivity contribution in [3.05, 3.63) is 58.6 Å². The van der Waals surface area contributed by atoms with Crippen molar-refractivity contribution in [3.8, 4) is 28.7 Å². The van der Waals surface area contributed by atoms with Gasteiger partial charge >= 0.3 is 12.2 Å². The van der Waals surface area contributed by atoms with E-state index in [4.69, 9.17) is 16.3 Å². The van der Waals surface area contributed by atoms with Crippen LogP contribution in [0.4, 0.5) is 33.7 Å². The number of phenolic OH excluding ortho intramolecular Hbond substituents is 3. The summed E-state index contributed by atoms with van der Waals surface area (Å²) in [6.45, 7) is 0. The van der Waals surface area contributed by atoms with Gasteiger partial charge in [0.25, 0.3) is 5.91 Å². The Hall–Kier alpha value is -4.46. The Bertz CT molecular complexity index is 1320. The summed E-state index contributed by atoms with van der Waals surface area (Å²) in [4.78, 5) is 27.7. The molecule has 15 heteroatoms. The van der Waals surface area contributed by atoms with Gasteiger partial charge in [-0.3, -0.25) is 9.78 Å². The maximum Gasteiger partial charge on any atom is 0.417 e. The number of anilines is 2. The molecule has 0 aliphatic heterocycles. The maximum absolute atomic E-state index is 14.8. The number of carbonyl (C=O) groups excluding carboxylic acids is 2. The molecule has 3 aromatic rings. The molecular weight excluding hydrogens is 516 g/mol. The van der Waals surface area contributed by atoms with E-state index < -0.39 is 63.2 Å². The van der Waals surface area contributed by atoms with Gasteiger partial charge in [-0.1, -0.05) is 11.6 Å². The SMILES string of the molecule is CNC(=O)c1cc(Oc2c(O)c(O)c(NC(=O)Nc3ccc(Cl)c(C(F)(F)F)c3)c(F)c2O)ccn1. The Morgan fingerprint density at radius 3 is 2.36 bits per heavy atom. The molecule has 0 bridgehead atoms. The first-order valence-corrected chi connectivity index (χ1v) is 9.98. The molecule has 0 aliphatic carbocycles. The molecule has 1 aromatic heterocycles. The van der Waals surface area contributed by atoms with E-state index in [1.54, 1.807) is 5.32 Å². The largest absolute Gasteiger partial charge is 0.503 e. The average molecular weight is 531 g/mol. The Balaban J connectivity index is 1.87. The smallest absolute Gasteiger partial charge is 0.417 e. The molecular formula is C21H15ClF4N4O6. The number of rotatable bonds is 5. The lowest BCUT2D eigenvalue weighted by atomic mass is 10.2. The van der Waals surface area contributed by atoms with E-state index in [1.807, 2.05) is 5.32 Å². The Morgan fingerprint density at radius 2 is 1.72 bits per heavy atom. The van der Waals surface area contributed by atoms with Gasteiger partial charge in [0.1, 0.15) is 17.1 Å². The summed E-state index contributed by atoms with van der Waals surface area (Å²) in [5.74, 6) is -7.21. The van der Waals surface area contributed by atoms with Gasteiger partial charge in [-0.2, -0.15) is 13.2 Å². The summed E-state index contributed by atoms with van der Waals surface area (Å²) < 4.78 is 58.9. The van der Waals surface area contributed by atoms with Gasteiger partial charge in [0.05, 0.1) is 10.6 Å². The molecule has 3 amide bonds. The summed E-state index contributed by atoms with van der Waals surface area (Å²) in [6.07, 6.45) is -3.68. The minimum Gasteiger partial charge on any atom is -0.503 e. The quantitative estimate of drug-likeness (QED) is 0.157. The fraction of sp³-hybridized carbons (Fsp3) is 0.0952. The van der Waals surface area contributed by atoms with Crippen molar-refractivity contribution >= 4 is 34.9 Å². The number of hydrogen-bond acceptors (Lipinski definition) is 7. The number of amides is 3. The number of ether oxygens (including phenoxy) is 1. The predicted molar refractivity (Wildman–Crippen MR) is 118 cm³/mol. The van der Waals surface area contributed by atoms with Gasteiger partial charge in [-0.15, -0.1) is 0 Å². The summed E-state index contributed by atoms with van der Waals surface area (Å²) in [5, 5.41) is 36.0. The lowest BCUT2D eigenvalue weighted by Gasteiger charge is -2.16. The van der Waals surface area contributed by atoms with Crippen LogP contribution in [0.1, 0.15) is 16.1 Å². The molecule has 36 heavy (non-hydrogen) atoms. The van der Waals surface area contributed by atoms with Gasteiger partial charge in [-0.25, -0.2) is 9.18 Å². The van der Waals surface area contributed by atoms with Crippen molar-refractivity contribution in [2.75, 3.05) is 17.7 Å². The molecule has 10 nitrogen and oxygen atoms in total. The van der Waals surface area contributed by atoms with E-state index >= 15 is 0 Å². The second kappa shape index (κ2) is 10.0. The minimum absolute atomic E-state index is 0.121. The molecule has 0 atom stereocenters. The van der Waals surface area contributed by atoms with E-state index in [2.05, 4.69) is 10.3 Å². The number of benzene rings is 2. The number of aromatic nitrogens is 1. The van der Waals surface area contributed by atoms with Crippen LogP contribution >= 0.6 is 11.6 Å². The number of urea groups is 1. The molecule has 2 aromatic carbocycles. The molecule has 0 saturated heterocycles. The number of alkyl halides is 3. The normalized spacial score (nSPS) is 11.1. The van der Waals surface area contributed by atoms with Crippen molar-refractivity contribution in [1.29, 1.82) is 0 Å². The fourth-order valence-electron chi connectivity index (χ4n) is 2.81. The van der Waals surface area contributed by atoms with Gasteiger partial charge in [0, 0.05) is 25.0 Å². The Kier molecular flexibility index (Phi) is 7.29. The van der Waals surface area contributed by atoms with Crippen LogP contribution in [0.25, 0.3) is 0 Å². The number of hydrogen-bond donors (Lipinski definition) is 6. The van der Waals surface area contributed by atoms with E-state index in [0.717, 1.165) is 24.4 Å². The predicted octanol–water partition coefficient (Wildman–Crippen LogP) is 4.81. The summed E-state index contributed by atoms with van der Waals surface area (Å²) in [6, 6.07) is 3.37. The third kappa shape index (κ3) is 5.43. The molecule has 0 unspecified atom stereocenters. The van der Waals surface area contributed by atoms with Crippen molar-refractivity contribution in [2.24, 2.45) is 0 Å². The molecule has 6 N–H and O–H groups in total. The average Bonchev–Trinajstić information content (AvgIpc) is 2.83. The third-order valence-corrected chi connectivity index (χ3v) is 4.83. The summed E-state index contributed by atoms with van der Waals surface area (Å²) >= 11 is 5.51. The highest BCUT2D eigenvalue weighted by Crippen LogP contribution is 2.51. The monoisotopic (exact) mass is 530 g/mol. The Morgan fingerprint density at radius 1 is 1.03 bits per heavy atom. The first-order valence-electron chi connectivity index (χ1n) is 9.60. The first-order chi connectivity index (χ1) is 16.8. The Labute approximate surface area is 204 Å². The number of phenols is 3. The maximum atomic E-state index is 14.8. The zero-order valence-electron chi connectivity index (χ0n) is 17.9. The van der Waals surface area contributed by atoms with Crippen LogP contribution in [-0.2, 0) is 6.18 Å². The summed E-state index contributed by atoms with van der Waals surface area (Å²) in [5.41, 5.74) is -2.87. The van der Waals surface area contributed by atoms with Crippen LogP contribution in [-0.4, -0.2) is 39.3 Å². The standard InChI is InChI=1S/C21H15ClF4N4O6/c1-27-19(34)12-7-9(4-5-28-12)36-18-15(31)13(23)14(16(32)17(18)33)30-20(35)29-8-2-3-11(22)10(6-8)21(24,25)26/h2-7,31-33H,1H3,(H,27,34)(H2,29,30,35). The highest BCUT2D eigenvalue weighted by Gasteiger charge is 2.33. The minimum atomic E-state index is -4.82. The fourth-order valence-corrected chi connectivity index (χ4v) is 3.04. The van der Waals surface area contributed by atoms with Crippen molar-refractivity contribution in [3.63, 3.8) is 0 Å². The van der Waals surface area contributed by atoms with E-state index in [-0.39, 0.29) is 17.1 Å². The third-order valence-electron chi connectivity index (χ3n) is 4.50. The van der Waals surface area contributed by atoms with E-state index in [1.165, 1.54) is 13.1 Å². The molecule has 0 spiro atoms. The summed E-state index contributed by atoms with van der Waals surface area (Å²) in [7, 11) is 1.34. The zero-order chi connectivity index (χ0) is 26.8.